The number of carbonyl (C=O) groups excluding carboxylic acids is 1. The Kier molecular flexibility index (Phi) is 4.54. The third-order valence-electron chi connectivity index (χ3n) is 4.32. The second-order valence-electron chi connectivity index (χ2n) is 6.01. The normalized spacial score (nSPS) is 15.9. The van der Waals surface area contributed by atoms with Crippen LogP contribution >= 0.6 is 0 Å². The van der Waals surface area contributed by atoms with Crippen LogP contribution in [-0.2, 0) is 24.3 Å². The summed E-state index contributed by atoms with van der Waals surface area (Å²) < 4.78 is 1.76. The van der Waals surface area contributed by atoms with E-state index in [0.717, 1.165) is 12.1 Å². The maximum Gasteiger partial charge on any atom is 0.267 e. The number of hydrogen-bond acceptors (Lipinski definition) is 5. The summed E-state index contributed by atoms with van der Waals surface area (Å²) in [6.07, 6.45) is -0.239. The molecule has 24 heavy (non-hydrogen) atoms. The molecule has 9 nitrogen and oxygen atoms in total. The molecule has 1 amide bonds. The molecule has 2 aromatic heterocycles. The van der Waals surface area contributed by atoms with Gasteiger partial charge in [-0.2, -0.15) is 5.10 Å². The fourth-order valence-corrected chi connectivity index (χ4v) is 2.90. The number of nitrogens with zero attached hydrogens (tertiary/aromatic N) is 3. The summed E-state index contributed by atoms with van der Waals surface area (Å²) in [4.78, 5) is 26.0. The number of hydrogen-bond donors (Lipinski definition) is 4. The smallest absolute Gasteiger partial charge is 0.267 e. The SMILES string of the molecule is Cc1[nH][nH]c(=O)c1CC(=O)N1CCCn2nc([C@H](O)CO)cc2C1. The molecular formula is C15H21N5O4. The van der Waals surface area contributed by atoms with Gasteiger partial charge in [0.15, 0.2) is 0 Å². The number of amides is 1. The lowest BCUT2D eigenvalue weighted by Crippen LogP contribution is -2.33. The lowest BCUT2D eigenvalue weighted by molar-refractivity contribution is -0.131. The van der Waals surface area contributed by atoms with E-state index in [9.17, 15) is 14.7 Å². The highest BCUT2D eigenvalue weighted by molar-refractivity contribution is 5.79. The van der Waals surface area contributed by atoms with E-state index in [1.54, 1.807) is 22.6 Å². The predicted octanol–water partition coefficient (Wildman–Crippen LogP) is -0.791. The summed E-state index contributed by atoms with van der Waals surface area (Å²) in [5, 5.41) is 28.2. The molecule has 1 aliphatic rings. The number of aromatic nitrogens is 4. The van der Waals surface area contributed by atoms with Gasteiger partial charge in [-0.15, -0.1) is 0 Å². The molecule has 0 bridgehead atoms. The van der Waals surface area contributed by atoms with Crippen molar-refractivity contribution in [2.45, 2.75) is 39.0 Å². The van der Waals surface area contributed by atoms with E-state index in [4.69, 9.17) is 5.11 Å². The zero-order chi connectivity index (χ0) is 17.3. The minimum absolute atomic E-state index is 0.0466. The van der Waals surface area contributed by atoms with Crippen LogP contribution in [0.5, 0.6) is 0 Å². The second kappa shape index (κ2) is 6.62. The molecule has 130 valence electrons. The summed E-state index contributed by atoms with van der Waals surface area (Å²) in [5.74, 6) is -0.123. The highest BCUT2D eigenvalue weighted by Crippen LogP contribution is 2.18. The first-order valence-corrected chi connectivity index (χ1v) is 7.89. The molecule has 0 aliphatic carbocycles. The van der Waals surface area contributed by atoms with E-state index in [1.165, 1.54) is 0 Å². The molecular weight excluding hydrogens is 314 g/mol. The Bertz CT molecular complexity index is 790. The Morgan fingerprint density at radius 2 is 2.21 bits per heavy atom. The van der Waals surface area contributed by atoms with Crippen LogP contribution in [0.25, 0.3) is 0 Å². The van der Waals surface area contributed by atoms with Gasteiger partial charge in [-0.25, -0.2) is 0 Å². The Hall–Kier alpha value is -2.39. The number of carbonyl (C=O) groups is 1. The van der Waals surface area contributed by atoms with Crippen LogP contribution in [0.1, 0.15) is 35.2 Å². The molecule has 4 N–H and O–H groups in total. The van der Waals surface area contributed by atoms with Gasteiger partial charge in [0.2, 0.25) is 5.91 Å². The average molecular weight is 335 g/mol. The molecule has 1 atom stereocenters. The zero-order valence-electron chi connectivity index (χ0n) is 13.4. The molecule has 9 heteroatoms. The Balaban J connectivity index is 1.76. The summed E-state index contributed by atoms with van der Waals surface area (Å²) in [6.45, 7) is 2.95. The van der Waals surface area contributed by atoms with Crippen molar-refractivity contribution in [1.82, 2.24) is 24.9 Å². The monoisotopic (exact) mass is 335 g/mol. The third-order valence-corrected chi connectivity index (χ3v) is 4.32. The minimum atomic E-state index is -1.02. The molecule has 0 radical (unpaired) electrons. The second-order valence-corrected chi connectivity index (χ2v) is 6.01. The maximum atomic E-state index is 12.6. The van der Waals surface area contributed by atoms with Crippen molar-refractivity contribution in [2.24, 2.45) is 0 Å². The largest absolute Gasteiger partial charge is 0.393 e. The molecule has 0 aromatic carbocycles. The highest BCUT2D eigenvalue weighted by atomic mass is 16.3. The molecule has 3 heterocycles. The summed E-state index contributed by atoms with van der Waals surface area (Å²) in [5.41, 5.74) is 2.06. The van der Waals surface area contributed by atoms with Crippen molar-refractivity contribution in [3.8, 4) is 0 Å². The lowest BCUT2D eigenvalue weighted by atomic mass is 10.1. The van der Waals surface area contributed by atoms with Crippen LogP contribution in [0.15, 0.2) is 10.9 Å². The number of aromatic amines is 2. The standard InChI is InChI=1S/C15H21N5O4/c1-9-11(15(24)17-16-9)6-14(23)19-3-2-4-20-10(7-19)5-12(18-20)13(22)8-21/h5,13,21-22H,2-4,6-8H2,1H3,(H2,16,17,24)/t13-/m1/s1. The Labute approximate surface area is 137 Å². The van der Waals surface area contributed by atoms with Gasteiger partial charge in [-0.3, -0.25) is 19.4 Å². The summed E-state index contributed by atoms with van der Waals surface area (Å²) in [6, 6.07) is 1.71. The van der Waals surface area contributed by atoms with Crippen LogP contribution in [0.3, 0.4) is 0 Å². The number of H-pyrrole nitrogens is 2. The van der Waals surface area contributed by atoms with E-state index >= 15 is 0 Å². The van der Waals surface area contributed by atoms with Gasteiger partial charge >= 0.3 is 0 Å². The number of nitrogens with one attached hydrogen (secondary N) is 2. The number of aliphatic hydroxyl groups excluding tert-OH is 2. The van der Waals surface area contributed by atoms with Crippen molar-refractivity contribution < 1.29 is 15.0 Å². The van der Waals surface area contributed by atoms with E-state index in [0.29, 0.717) is 36.6 Å². The molecule has 1 aliphatic heterocycles. The van der Waals surface area contributed by atoms with Crippen LogP contribution in [0.2, 0.25) is 0 Å². The van der Waals surface area contributed by atoms with Crippen molar-refractivity contribution in [3.63, 3.8) is 0 Å². The molecule has 3 rings (SSSR count). The summed E-state index contributed by atoms with van der Waals surface area (Å²) in [7, 11) is 0. The van der Waals surface area contributed by atoms with E-state index in [-0.39, 0.29) is 17.9 Å². The van der Waals surface area contributed by atoms with E-state index < -0.39 is 12.7 Å². The van der Waals surface area contributed by atoms with Gasteiger partial charge in [-0.05, 0) is 19.4 Å². The van der Waals surface area contributed by atoms with Crippen LogP contribution in [0.4, 0.5) is 0 Å². The molecule has 0 spiro atoms. The number of aryl methyl sites for hydroxylation is 2. The van der Waals surface area contributed by atoms with Gasteiger partial charge in [0, 0.05) is 24.3 Å². The average Bonchev–Trinajstić information content (AvgIpc) is 3.04. The lowest BCUT2D eigenvalue weighted by Gasteiger charge is -2.19. The first-order chi connectivity index (χ1) is 11.5. The van der Waals surface area contributed by atoms with E-state index in [1.807, 2.05) is 0 Å². The van der Waals surface area contributed by atoms with Gasteiger partial charge in [0.25, 0.3) is 5.56 Å². The first-order valence-electron chi connectivity index (χ1n) is 7.89. The highest BCUT2D eigenvalue weighted by Gasteiger charge is 2.23. The quantitative estimate of drug-likeness (QED) is 0.582. The van der Waals surface area contributed by atoms with Crippen molar-refractivity contribution >= 4 is 5.91 Å². The number of rotatable bonds is 4. The van der Waals surface area contributed by atoms with Crippen molar-refractivity contribution in [2.75, 3.05) is 13.2 Å². The molecule has 0 unspecified atom stereocenters. The zero-order valence-corrected chi connectivity index (χ0v) is 13.4. The topological polar surface area (TPSA) is 127 Å². The minimum Gasteiger partial charge on any atom is -0.393 e. The van der Waals surface area contributed by atoms with E-state index in [2.05, 4.69) is 15.3 Å². The van der Waals surface area contributed by atoms with Crippen LogP contribution in [0, 0.1) is 6.92 Å². The molecule has 0 saturated heterocycles. The van der Waals surface area contributed by atoms with Crippen molar-refractivity contribution in [3.05, 3.63) is 39.1 Å². The maximum absolute atomic E-state index is 12.6. The fraction of sp³-hybridized carbons (Fsp3) is 0.533. The van der Waals surface area contributed by atoms with Gasteiger partial charge in [-0.1, -0.05) is 0 Å². The fourth-order valence-electron chi connectivity index (χ4n) is 2.90. The Morgan fingerprint density at radius 3 is 2.88 bits per heavy atom. The van der Waals surface area contributed by atoms with Crippen molar-refractivity contribution in [1.29, 1.82) is 0 Å². The molecule has 0 fully saturated rings. The number of fused-ring (bicyclic) bond motifs is 1. The van der Waals surface area contributed by atoms with Gasteiger partial charge in [0.05, 0.1) is 31.0 Å². The molecule has 2 aromatic rings. The van der Waals surface area contributed by atoms with Crippen LogP contribution < -0.4 is 5.56 Å². The number of aliphatic hydroxyl groups is 2. The molecule has 0 saturated carbocycles. The van der Waals surface area contributed by atoms with Crippen LogP contribution in [-0.4, -0.2) is 54.1 Å². The first kappa shape index (κ1) is 16.5. The Morgan fingerprint density at radius 1 is 1.42 bits per heavy atom. The van der Waals surface area contributed by atoms with Gasteiger partial charge < -0.3 is 20.2 Å². The summed E-state index contributed by atoms with van der Waals surface area (Å²) >= 11 is 0. The van der Waals surface area contributed by atoms with Gasteiger partial charge in [0.1, 0.15) is 6.10 Å². The third kappa shape index (κ3) is 3.13. The predicted molar refractivity (Wildman–Crippen MR) is 84.2 cm³/mol.